The SMILES string of the molecule is CCOC(=O)CN(C(=O)COC(=O)CCNC(=O)c1ccc(F)cc1F)c1ccccc1. The van der Waals surface area contributed by atoms with E-state index in [1.165, 1.54) is 0 Å². The lowest BCUT2D eigenvalue weighted by Crippen LogP contribution is -2.39. The molecule has 1 N–H and O–H groups in total. The molecule has 170 valence electrons. The molecule has 0 atom stereocenters. The van der Waals surface area contributed by atoms with Gasteiger partial charge in [-0.3, -0.25) is 24.1 Å². The van der Waals surface area contributed by atoms with Crippen molar-refractivity contribution in [3.63, 3.8) is 0 Å². The molecule has 32 heavy (non-hydrogen) atoms. The van der Waals surface area contributed by atoms with Gasteiger partial charge in [0.15, 0.2) is 6.61 Å². The van der Waals surface area contributed by atoms with Crippen LogP contribution in [0.25, 0.3) is 0 Å². The highest BCUT2D eigenvalue weighted by atomic mass is 19.1. The summed E-state index contributed by atoms with van der Waals surface area (Å²) < 4.78 is 36.3. The van der Waals surface area contributed by atoms with Crippen LogP contribution in [0.4, 0.5) is 14.5 Å². The summed E-state index contributed by atoms with van der Waals surface area (Å²) in [4.78, 5) is 49.3. The van der Waals surface area contributed by atoms with Gasteiger partial charge in [0.25, 0.3) is 11.8 Å². The lowest BCUT2D eigenvalue weighted by Gasteiger charge is -2.21. The van der Waals surface area contributed by atoms with Crippen LogP contribution in [0.15, 0.2) is 48.5 Å². The van der Waals surface area contributed by atoms with Gasteiger partial charge in [0.1, 0.15) is 18.2 Å². The fourth-order valence-corrected chi connectivity index (χ4v) is 2.61. The van der Waals surface area contributed by atoms with Gasteiger partial charge in [-0.05, 0) is 31.2 Å². The molecule has 2 aromatic rings. The molecule has 0 aliphatic rings. The van der Waals surface area contributed by atoms with Crippen LogP contribution in [0.1, 0.15) is 23.7 Å². The van der Waals surface area contributed by atoms with E-state index in [-0.39, 0.29) is 31.7 Å². The summed E-state index contributed by atoms with van der Waals surface area (Å²) in [6.07, 6.45) is -0.287. The minimum absolute atomic E-state index is 0.151. The molecule has 0 radical (unpaired) electrons. The summed E-state index contributed by atoms with van der Waals surface area (Å²) >= 11 is 0. The number of hydrogen-bond acceptors (Lipinski definition) is 6. The molecule has 0 unspecified atom stereocenters. The molecule has 10 heteroatoms. The number of anilines is 1. The van der Waals surface area contributed by atoms with Crippen LogP contribution in [0.3, 0.4) is 0 Å². The maximum atomic E-state index is 13.6. The third kappa shape index (κ3) is 7.46. The zero-order chi connectivity index (χ0) is 23.5. The van der Waals surface area contributed by atoms with Gasteiger partial charge in [-0.2, -0.15) is 0 Å². The largest absolute Gasteiger partial charge is 0.465 e. The molecule has 0 fully saturated rings. The van der Waals surface area contributed by atoms with Gasteiger partial charge in [-0.1, -0.05) is 18.2 Å². The summed E-state index contributed by atoms with van der Waals surface area (Å²) in [5.74, 6) is -4.72. The summed E-state index contributed by atoms with van der Waals surface area (Å²) in [7, 11) is 0. The third-order valence-corrected chi connectivity index (χ3v) is 4.11. The Morgan fingerprint density at radius 2 is 1.69 bits per heavy atom. The monoisotopic (exact) mass is 448 g/mol. The van der Waals surface area contributed by atoms with Crippen LogP contribution in [0, 0.1) is 11.6 Å². The number of rotatable bonds is 10. The first-order chi connectivity index (χ1) is 15.3. The predicted octanol–water partition coefficient (Wildman–Crippen LogP) is 2.22. The molecule has 0 spiro atoms. The lowest BCUT2D eigenvalue weighted by molar-refractivity contribution is -0.148. The zero-order valence-corrected chi connectivity index (χ0v) is 17.3. The second-order valence-corrected chi connectivity index (χ2v) is 6.41. The first-order valence-corrected chi connectivity index (χ1v) is 9.71. The van der Waals surface area contributed by atoms with Crippen molar-refractivity contribution < 1.29 is 37.4 Å². The number of hydrogen-bond donors (Lipinski definition) is 1. The van der Waals surface area contributed by atoms with Gasteiger partial charge in [-0.15, -0.1) is 0 Å². The molecular formula is C22H22F2N2O6. The van der Waals surface area contributed by atoms with E-state index >= 15 is 0 Å². The van der Waals surface area contributed by atoms with E-state index in [4.69, 9.17) is 9.47 Å². The number of carbonyl (C=O) groups excluding carboxylic acids is 4. The topological polar surface area (TPSA) is 102 Å². The van der Waals surface area contributed by atoms with Crippen molar-refractivity contribution in [3.05, 3.63) is 65.7 Å². The van der Waals surface area contributed by atoms with E-state index in [0.29, 0.717) is 11.8 Å². The summed E-state index contributed by atoms with van der Waals surface area (Å²) in [6.45, 7) is 0.616. The number of benzene rings is 2. The predicted molar refractivity (Wildman–Crippen MR) is 110 cm³/mol. The molecule has 0 aromatic heterocycles. The van der Waals surface area contributed by atoms with Crippen molar-refractivity contribution in [2.24, 2.45) is 0 Å². The number of ether oxygens (including phenoxy) is 2. The summed E-state index contributed by atoms with van der Waals surface area (Å²) in [5, 5.41) is 2.31. The highest BCUT2D eigenvalue weighted by Crippen LogP contribution is 2.14. The Morgan fingerprint density at radius 1 is 0.969 bits per heavy atom. The molecule has 0 saturated heterocycles. The Kier molecular flexibility index (Phi) is 9.27. The number of halogens is 2. The molecular weight excluding hydrogens is 426 g/mol. The molecule has 0 aliphatic heterocycles. The van der Waals surface area contributed by atoms with Gasteiger partial charge in [0.05, 0.1) is 18.6 Å². The number of amides is 2. The quantitative estimate of drug-likeness (QED) is 0.560. The maximum Gasteiger partial charge on any atom is 0.326 e. The Bertz CT molecular complexity index is 968. The van der Waals surface area contributed by atoms with Crippen LogP contribution in [-0.2, 0) is 23.9 Å². The van der Waals surface area contributed by atoms with Crippen LogP contribution in [0.2, 0.25) is 0 Å². The van der Waals surface area contributed by atoms with Gasteiger partial charge < -0.3 is 14.8 Å². The van der Waals surface area contributed by atoms with Crippen molar-refractivity contribution in [1.82, 2.24) is 5.32 Å². The van der Waals surface area contributed by atoms with Crippen LogP contribution >= 0.6 is 0 Å². The summed E-state index contributed by atoms with van der Waals surface area (Å²) in [6, 6.07) is 10.8. The molecule has 0 aliphatic carbocycles. The lowest BCUT2D eigenvalue weighted by atomic mass is 10.2. The van der Waals surface area contributed by atoms with Crippen LogP contribution in [0.5, 0.6) is 0 Å². The molecule has 0 saturated carbocycles. The van der Waals surface area contributed by atoms with E-state index in [2.05, 4.69) is 5.32 Å². The number of nitrogens with zero attached hydrogens (tertiary/aromatic N) is 1. The van der Waals surface area contributed by atoms with E-state index < -0.39 is 42.0 Å². The first kappa shape index (κ1) is 24.4. The minimum atomic E-state index is -1.03. The van der Waals surface area contributed by atoms with Crippen molar-refractivity contribution >= 4 is 29.4 Å². The molecule has 0 heterocycles. The van der Waals surface area contributed by atoms with Crippen molar-refractivity contribution in [2.75, 3.05) is 31.2 Å². The Hall–Kier alpha value is -3.82. The Morgan fingerprint density at radius 3 is 2.34 bits per heavy atom. The van der Waals surface area contributed by atoms with Crippen LogP contribution < -0.4 is 10.2 Å². The second kappa shape index (κ2) is 12.1. The number of para-hydroxylation sites is 1. The van der Waals surface area contributed by atoms with E-state index in [1.54, 1.807) is 37.3 Å². The number of carbonyl (C=O) groups is 4. The smallest absolute Gasteiger partial charge is 0.326 e. The molecule has 0 bridgehead atoms. The minimum Gasteiger partial charge on any atom is -0.465 e. The van der Waals surface area contributed by atoms with Gasteiger partial charge in [-0.25, -0.2) is 8.78 Å². The average molecular weight is 448 g/mol. The molecule has 2 rings (SSSR count). The Labute approximate surface area is 183 Å². The van der Waals surface area contributed by atoms with Crippen molar-refractivity contribution in [3.8, 4) is 0 Å². The second-order valence-electron chi connectivity index (χ2n) is 6.41. The van der Waals surface area contributed by atoms with Crippen molar-refractivity contribution in [2.45, 2.75) is 13.3 Å². The zero-order valence-electron chi connectivity index (χ0n) is 17.3. The van der Waals surface area contributed by atoms with Gasteiger partial charge in [0, 0.05) is 18.3 Å². The fourth-order valence-electron chi connectivity index (χ4n) is 2.61. The number of nitrogens with one attached hydrogen (secondary N) is 1. The van der Waals surface area contributed by atoms with Crippen LogP contribution in [-0.4, -0.2) is 50.1 Å². The van der Waals surface area contributed by atoms with E-state index in [9.17, 15) is 28.0 Å². The molecule has 2 aromatic carbocycles. The molecule has 8 nitrogen and oxygen atoms in total. The van der Waals surface area contributed by atoms with E-state index in [1.807, 2.05) is 0 Å². The van der Waals surface area contributed by atoms with Crippen molar-refractivity contribution in [1.29, 1.82) is 0 Å². The Balaban J connectivity index is 1.84. The maximum absolute atomic E-state index is 13.6. The first-order valence-electron chi connectivity index (χ1n) is 9.71. The van der Waals surface area contributed by atoms with Gasteiger partial charge >= 0.3 is 11.9 Å². The highest BCUT2D eigenvalue weighted by Gasteiger charge is 2.21. The average Bonchev–Trinajstić information content (AvgIpc) is 2.76. The fraction of sp³-hybridized carbons (Fsp3) is 0.273. The number of esters is 2. The normalized spacial score (nSPS) is 10.2. The third-order valence-electron chi connectivity index (χ3n) is 4.11. The standard InChI is InChI=1S/C22H22F2N2O6/c1-2-31-21(29)13-26(16-6-4-3-5-7-16)19(27)14-32-20(28)10-11-25-22(30)17-9-8-15(23)12-18(17)24/h3-9,12H,2,10-11,13-14H2,1H3,(H,25,30). The van der Waals surface area contributed by atoms with Gasteiger partial charge in [0.2, 0.25) is 0 Å². The molecule has 2 amide bonds. The van der Waals surface area contributed by atoms with E-state index in [0.717, 1.165) is 17.0 Å². The highest BCUT2D eigenvalue weighted by molar-refractivity contribution is 5.99. The summed E-state index contributed by atoms with van der Waals surface area (Å²) in [5.41, 5.74) is 0.0580.